The summed E-state index contributed by atoms with van der Waals surface area (Å²) in [6.45, 7) is 6.20. The first-order chi connectivity index (χ1) is 11.3. The number of rotatable bonds is 5. The van der Waals surface area contributed by atoms with E-state index in [9.17, 15) is 0 Å². The number of nitrogens with zero attached hydrogens (tertiary/aromatic N) is 1. The summed E-state index contributed by atoms with van der Waals surface area (Å²) in [4.78, 5) is 2.45. The molecule has 0 N–H and O–H groups in total. The van der Waals surface area contributed by atoms with Gasteiger partial charge in [-0.15, -0.1) is 0 Å². The molecule has 0 amide bonds. The molecular formula is C21H23NO. The van der Waals surface area contributed by atoms with Gasteiger partial charge >= 0.3 is 0 Å². The predicted molar refractivity (Wildman–Crippen MR) is 98.2 cm³/mol. The lowest BCUT2D eigenvalue weighted by Gasteiger charge is -2.18. The maximum atomic E-state index is 5.24. The molecule has 118 valence electrons. The first kappa shape index (κ1) is 15.4. The van der Waals surface area contributed by atoms with Crippen molar-refractivity contribution in [2.75, 3.05) is 25.1 Å². The summed E-state index contributed by atoms with van der Waals surface area (Å²) in [5, 5.41) is 0. The minimum absolute atomic E-state index is 0.871. The smallest absolute Gasteiger partial charge is 0.118 e. The molecule has 2 aromatic rings. The normalized spacial score (nSPS) is 14.8. The molecule has 23 heavy (non-hydrogen) atoms. The number of allylic oxidation sites excluding steroid dienone is 2. The fraction of sp³-hybridized carbons (Fsp3) is 0.238. The molecule has 0 aliphatic carbocycles. The molecule has 0 aromatic heterocycles. The topological polar surface area (TPSA) is 12.5 Å². The van der Waals surface area contributed by atoms with Crippen LogP contribution in [-0.4, -0.2) is 20.2 Å². The van der Waals surface area contributed by atoms with Crippen LogP contribution in [0.25, 0.3) is 5.57 Å². The average molecular weight is 305 g/mol. The minimum Gasteiger partial charge on any atom is -0.497 e. The maximum Gasteiger partial charge on any atom is 0.118 e. The number of hydrogen-bond acceptors (Lipinski definition) is 2. The number of hydrogen-bond donors (Lipinski definition) is 0. The monoisotopic (exact) mass is 305 g/mol. The van der Waals surface area contributed by atoms with Crippen LogP contribution in [-0.2, 0) is 0 Å². The molecule has 1 saturated heterocycles. The van der Waals surface area contributed by atoms with Crippen molar-refractivity contribution in [3.63, 3.8) is 0 Å². The van der Waals surface area contributed by atoms with Gasteiger partial charge in [0.25, 0.3) is 0 Å². The fourth-order valence-corrected chi connectivity index (χ4v) is 3.07. The summed E-state index contributed by atoms with van der Waals surface area (Å²) in [7, 11) is 1.69. The summed E-state index contributed by atoms with van der Waals surface area (Å²) >= 11 is 0. The van der Waals surface area contributed by atoms with Crippen LogP contribution in [0.5, 0.6) is 5.75 Å². The first-order valence-corrected chi connectivity index (χ1v) is 8.14. The first-order valence-electron chi connectivity index (χ1n) is 8.14. The summed E-state index contributed by atoms with van der Waals surface area (Å²) in [5.41, 5.74) is 4.87. The molecule has 1 fully saturated rings. The molecule has 0 radical (unpaired) electrons. The van der Waals surface area contributed by atoms with Crippen LogP contribution >= 0.6 is 0 Å². The number of methoxy groups -OCH3 is 1. The fourth-order valence-electron chi connectivity index (χ4n) is 3.07. The number of ether oxygens (including phenoxy) is 1. The van der Waals surface area contributed by atoms with E-state index in [2.05, 4.69) is 54.0 Å². The van der Waals surface area contributed by atoms with E-state index in [4.69, 9.17) is 4.74 Å². The van der Waals surface area contributed by atoms with Crippen molar-refractivity contribution >= 4 is 11.3 Å². The second-order valence-corrected chi connectivity index (χ2v) is 5.79. The van der Waals surface area contributed by atoms with Crippen molar-refractivity contribution in [1.29, 1.82) is 0 Å². The Morgan fingerprint density at radius 3 is 2.04 bits per heavy atom. The van der Waals surface area contributed by atoms with Crippen molar-refractivity contribution < 1.29 is 4.74 Å². The second-order valence-electron chi connectivity index (χ2n) is 5.79. The molecule has 1 aliphatic rings. The Balaban J connectivity index is 1.88. The van der Waals surface area contributed by atoms with Crippen molar-refractivity contribution in [2.45, 2.75) is 12.8 Å². The van der Waals surface area contributed by atoms with Crippen LogP contribution < -0.4 is 9.64 Å². The van der Waals surface area contributed by atoms with Crippen LogP contribution in [0.4, 0.5) is 5.69 Å². The molecule has 2 aromatic carbocycles. The Labute approximate surface area is 138 Å². The molecule has 3 rings (SSSR count). The lowest BCUT2D eigenvalue weighted by Crippen LogP contribution is -2.17. The van der Waals surface area contributed by atoms with E-state index in [1.807, 2.05) is 18.2 Å². The van der Waals surface area contributed by atoms with Crippen LogP contribution in [0.2, 0.25) is 0 Å². The molecule has 2 heteroatoms. The molecule has 1 aliphatic heterocycles. The van der Waals surface area contributed by atoms with Gasteiger partial charge in [-0.2, -0.15) is 0 Å². The van der Waals surface area contributed by atoms with Crippen molar-refractivity contribution in [3.8, 4) is 5.75 Å². The predicted octanol–water partition coefficient (Wildman–Crippen LogP) is 4.91. The Morgan fingerprint density at radius 2 is 1.52 bits per heavy atom. The highest BCUT2D eigenvalue weighted by molar-refractivity contribution is 5.81. The summed E-state index contributed by atoms with van der Waals surface area (Å²) in [6.07, 6.45) is 6.51. The molecule has 0 bridgehead atoms. The lowest BCUT2D eigenvalue weighted by molar-refractivity contribution is 0.415. The highest BCUT2D eigenvalue weighted by Crippen LogP contribution is 2.28. The summed E-state index contributed by atoms with van der Waals surface area (Å²) in [6, 6.07) is 17.0. The van der Waals surface area contributed by atoms with Gasteiger partial charge in [-0.25, -0.2) is 0 Å². The van der Waals surface area contributed by atoms with Gasteiger partial charge in [0.15, 0.2) is 0 Å². The minimum atomic E-state index is 0.871. The van der Waals surface area contributed by atoms with E-state index in [-0.39, 0.29) is 0 Å². The second kappa shape index (κ2) is 7.19. The molecule has 0 spiro atoms. The molecular weight excluding hydrogens is 282 g/mol. The van der Waals surface area contributed by atoms with Gasteiger partial charge < -0.3 is 9.64 Å². The molecule has 0 saturated carbocycles. The molecule has 2 nitrogen and oxygen atoms in total. The zero-order chi connectivity index (χ0) is 16.1. The Morgan fingerprint density at radius 1 is 0.957 bits per heavy atom. The van der Waals surface area contributed by atoms with E-state index in [1.165, 1.54) is 48.3 Å². The van der Waals surface area contributed by atoms with Gasteiger partial charge in [0.1, 0.15) is 5.75 Å². The maximum absolute atomic E-state index is 5.24. The van der Waals surface area contributed by atoms with E-state index >= 15 is 0 Å². The molecule has 1 heterocycles. The zero-order valence-corrected chi connectivity index (χ0v) is 13.7. The van der Waals surface area contributed by atoms with Crippen LogP contribution in [0, 0.1) is 0 Å². The van der Waals surface area contributed by atoms with Crippen molar-refractivity contribution in [1.82, 2.24) is 0 Å². The van der Waals surface area contributed by atoms with Gasteiger partial charge in [-0.3, -0.25) is 0 Å². The van der Waals surface area contributed by atoms with E-state index < -0.39 is 0 Å². The van der Waals surface area contributed by atoms with Crippen molar-refractivity contribution in [2.24, 2.45) is 0 Å². The third-order valence-electron chi connectivity index (χ3n) is 4.34. The van der Waals surface area contributed by atoms with E-state index in [0.717, 1.165) is 5.75 Å². The molecule has 0 atom stereocenters. The average Bonchev–Trinajstić information content (AvgIpc) is 3.15. The SMILES string of the molecule is C=C/C=C(\c1ccc(OC)cc1)c1ccc(N2CCCC2)cc1. The van der Waals surface area contributed by atoms with Gasteiger partial charge in [0.2, 0.25) is 0 Å². The zero-order valence-electron chi connectivity index (χ0n) is 13.7. The number of benzene rings is 2. The summed E-state index contributed by atoms with van der Waals surface area (Å²) in [5.74, 6) is 0.871. The quantitative estimate of drug-likeness (QED) is 0.728. The van der Waals surface area contributed by atoms with Gasteiger partial charge in [0.05, 0.1) is 7.11 Å². The van der Waals surface area contributed by atoms with E-state index in [0.29, 0.717) is 0 Å². The standard InChI is InChI=1S/C21H23NO/c1-3-6-21(18-9-13-20(23-2)14-10-18)17-7-11-19(12-8-17)22-15-4-5-16-22/h3,6-14H,1,4-5,15-16H2,2H3/b21-6-. The van der Waals surface area contributed by atoms with E-state index in [1.54, 1.807) is 7.11 Å². The largest absolute Gasteiger partial charge is 0.497 e. The number of anilines is 1. The van der Waals surface area contributed by atoms with Gasteiger partial charge in [0, 0.05) is 18.8 Å². The summed E-state index contributed by atoms with van der Waals surface area (Å²) < 4.78 is 5.24. The van der Waals surface area contributed by atoms with Crippen LogP contribution in [0.3, 0.4) is 0 Å². The van der Waals surface area contributed by atoms with Crippen LogP contribution in [0.1, 0.15) is 24.0 Å². The van der Waals surface area contributed by atoms with Gasteiger partial charge in [-0.05, 0) is 53.8 Å². The van der Waals surface area contributed by atoms with Crippen LogP contribution in [0.15, 0.2) is 67.3 Å². The third kappa shape index (κ3) is 3.48. The van der Waals surface area contributed by atoms with Crippen molar-refractivity contribution in [3.05, 3.63) is 78.4 Å². The third-order valence-corrected chi connectivity index (χ3v) is 4.34. The molecule has 0 unspecified atom stereocenters. The Bertz CT molecular complexity index is 677. The highest BCUT2D eigenvalue weighted by atomic mass is 16.5. The Kier molecular flexibility index (Phi) is 4.82. The van der Waals surface area contributed by atoms with Gasteiger partial charge in [-0.1, -0.05) is 43.0 Å². The Hall–Kier alpha value is -2.48. The highest BCUT2D eigenvalue weighted by Gasteiger charge is 2.12. The lowest BCUT2D eigenvalue weighted by atomic mass is 9.97.